The van der Waals surface area contributed by atoms with Gasteiger partial charge in [-0.2, -0.15) is 0 Å². The highest BCUT2D eigenvalue weighted by atomic mass is 35.5. The van der Waals surface area contributed by atoms with E-state index in [1.165, 1.54) is 17.3 Å². The molecular weight excluding hydrogens is 338 g/mol. The van der Waals surface area contributed by atoms with Crippen LogP contribution < -0.4 is 5.32 Å². The van der Waals surface area contributed by atoms with Crippen LogP contribution >= 0.6 is 23.4 Å². The zero-order valence-electron chi connectivity index (χ0n) is 14.8. The molecule has 0 saturated heterocycles. The summed E-state index contributed by atoms with van der Waals surface area (Å²) in [5.41, 5.74) is 2.08. The predicted octanol–water partition coefficient (Wildman–Crippen LogP) is 6.15. The van der Waals surface area contributed by atoms with E-state index in [4.69, 9.17) is 11.6 Å². The summed E-state index contributed by atoms with van der Waals surface area (Å²) in [5.74, 6) is -0.0199. The van der Waals surface area contributed by atoms with E-state index in [1.54, 1.807) is 0 Å². The lowest BCUT2D eigenvalue weighted by Crippen LogP contribution is -2.34. The van der Waals surface area contributed by atoms with E-state index in [2.05, 4.69) is 32.2 Å². The fourth-order valence-corrected chi connectivity index (χ4v) is 3.32. The van der Waals surface area contributed by atoms with Crippen molar-refractivity contribution in [2.24, 2.45) is 0 Å². The monoisotopic (exact) mass is 361 g/mol. The standard InChI is InChI=1S/C20H24ClNOS/c1-19(2,3)14-7-6-8-16(13-14)22-18(23)20(4,5)24-17-11-9-15(21)10-12-17/h6-13H,1-5H3,(H,22,23). The second kappa shape index (κ2) is 7.20. The van der Waals surface area contributed by atoms with Crippen LogP contribution in [0.5, 0.6) is 0 Å². The van der Waals surface area contributed by atoms with Crippen LogP contribution in [0.3, 0.4) is 0 Å². The van der Waals surface area contributed by atoms with Crippen molar-refractivity contribution in [2.45, 2.75) is 49.7 Å². The zero-order chi connectivity index (χ0) is 18.0. The summed E-state index contributed by atoms with van der Waals surface area (Å²) in [6.07, 6.45) is 0. The van der Waals surface area contributed by atoms with Crippen molar-refractivity contribution in [3.63, 3.8) is 0 Å². The number of hydrogen-bond donors (Lipinski definition) is 1. The van der Waals surface area contributed by atoms with Gasteiger partial charge in [-0.25, -0.2) is 0 Å². The maximum Gasteiger partial charge on any atom is 0.240 e. The van der Waals surface area contributed by atoms with Crippen molar-refractivity contribution in [1.82, 2.24) is 0 Å². The molecule has 2 aromatic carbocycles. The molecule has 2 rings (SSSR count). The molecule has 2 aromatic rings. The van der Waals surface area contributed by atoms with Gasteiger partial charge in [0.1, 0.15) is 0 Å². The molecule has 128 valence electrons. The van der Waals surface area contributed by atoms with Crippen LogP contribution in [-0.2, 0) is 10.2 Å². The van der Waals surface area contributed by atoms with Crippen LogP contribution in [0.25, 0.3) is 0 Å². The summed E-state index contributed by atoms with van der Waals surface area (Å²) in [7, 11) is 0. The number of amides is 1. The molecule has 0 heterocycles. The number of carbonyl (C=O) groups is 1. The zero-order valence-corrected chi connectivity index (χ0v) is 16.4. The molecule has 0 aromatic heterocycles. The topological polar surface area (TPSA) is 29.1 Å². The molecule has 2 nitrogen and oxygen atoms in total. The Hall–Kier alpha value is -1.45. The fraction of sp³-hybridized carbons (Fsp3) is 0.350. The van der Waals surface area contributed by atoms with Gasteiger partial charge in [0.15, 0.2) is 0 Å². The Morgan fingerprint density at radius 3 is 2.21 bits per heavy atom. The molecule has 4 heteroatoms. The van der Waals surface area contributed by atoms with Crippen molar-refractivity contribution in [3.8, 4) is 0 Å². The smallest absolute Gasteiger partial charge is 0.240 e. The summed E-state index contributed by atoms with van der Waals surface area (Å²) in [4.78, 5) is 13.7. The minimum atomic E-state index is -0.592. The largest absolute Gasteiger partial charge is 0.325 e. The lowest BCUT2D eigenvalue weighted by Gasteiger charge is -2.24. The summed E-state index contributed by atoms with van der Waals surface area (Å²) in [6, 6.07) is 15.6. The second-order valence-electron chi connectivity index (χ2n) is 7.35. The Kier molecular flexibility index (Phi) is 5.67. The van der Waals surface area contributed by atoms with E-state index in [-0.39, 0.29) is 11.3 Å². The molecule has 0 spiro atoms. The number of carbonyl (C=O) groups excluding carboxylic acids is 1. The van der Waals surface area contributed by atoms with Crippen LogP contribution in [0.2, 0.25) is 5.02 Å². The van der Waals surface area contributed by atoms with Crippen LogP contribution in [-0.4, -0.2) is 10.7 Å². The number of rotatable bonds is 4. The van der Waals surface area contributed by atoms with Gasteiger partial charge < -0.3 is 5.32 Å². The quantitative estimate of drug-likeness (QED) is 0.662. The lowest BCUT2D eigenvalue weighted by atomic mass is 9.87. The fourth-order valence-electron chi connectivity index (χ4n) is 2.19. The number of benzene rings is 2. The van der Waals surface area contributed by atoms with E-state index >= 15 is 0 Å². The maximum atomic E-state index is 12.7. The Morgan fingerprint density at radius 1 is 1.00 bits per heavy atom. The summed E-state index contributed by atoms with van der Waals surface area (Å²) in [5, 5.41) is 3.74. The normalized spacial score (nSPS) is 12.1. The first-order chi connectivity index (χ1) is 11.1. The van der Waals surface area contributed by atoms with Gasteiger partial charge in [-0.3, -0.25) is 4.79 Å². The van der Waals surface area contributed by atoms with Gasteiger partial charge in [0.25, 0.3) is 0 Å². The van der Waals surface area contributed by atoms with E-state index in [0.717, 1.165) is 10.6 Å². The first-order valence-electron chi connectivity index (χ1n) is 7.94. The van der Waals surface area contributed by atoms with Crippen molar-refractivity contribution in [1.29, 1.82) is 0 Å². The van der Waals surface area contributed by atoms with Gasteiger partial charge in [-0.05, 0) is 61.2 Å². The van der Waals surface area contributed by atoms with Crippen LogP contribution in [0.4, 0.5) is 5.69 Å². The third-order valence-electron chi connectivity index (χ3n) is 3.72. The number of thioether (sulfide) groups is 1. The van der Waals surface area contributed by atoms with E-state index in [0.29, 0.717) is 5.02 Å². The number of halogens is 1. The number of anilines is 1. The van der Waals surface area contributed by atoms with Crippen molar-refractivity contribution in [3.05, 3.63) is 59.1 Å². The van der Waals surface area contributed by atoms with Crippen LogP contribution in [0, 0.1) is 0 Å². The van der Waals surface area contributed by atoms with E-state index < -0.39 is 4.75 Å². The minimum Gasteiger partial charge on any atom is -0.325 e. The van der Waals surface area contributed by atoms with Crippen LogP contribution in [0.15, 0.2) is 53.4 Å². The SMILES string of the molecule is CC(C)(Sc1ccc(Cl)cc1)C(=O)Nc1cccc(C(C)(C)C)c1. The summed E-state index contributed by atoms with van der Waals surface area (Å²) >= 11 is 7.44. The van der Waals surface area contributed by atoms with Crippen molar-refractivity contribution >= 4 is 35.0 Å². The Labute approximate surface area is 154 Å². The average Bonchev–Trinajstić information content (AvgIpc) is 2.49. The molecule has 0 bridgehead atoms. The highest BCUT2D eigenvalue weighted by Gasteiger charge is 2.29. The molecule has 0 unspecified atom stereocenters. The van der Waals surface area contributed by atoms with Gasteiger partial charge in [0.2, 0.25) is 5.91 Å². The molecule has 0 aliphatic carbocycles. The Balaban J connectivity index is 2.11. The average molecular weight is 362 g/mol. The highest BCUT2D eigenvalue weighted by molar-refractivity contribution is 8.01. The lowest BCUT2D eigenvalue weighted by molar-refractivity contribution is -0.117. The first kappa shape index (κ1) is 18.9. The molecule has 1 amide bonds. The molecule has 0 aliphatic heterocycles. The van der Waals surface area contributed by atoms with E-state index in [1.807, 2.05) is 56.3 Å². The third-order valence-corrected chi connectivity index (χ3v) is 5.18. The van der Waals surface area contributed by atoms with Gasteiger partial charge in [-0.1, -0.05) is 44.5 Å². The second-order valence-corrected chi connectivity index (χ2v) is 9.48. The molecule has 1 N–H and O–H groups in total. The number of hydrogen-bond acceptors (Lipinski definition) is 2. The summed E-state index contributed by atoms with van der Waals surface area (Å²) in [6.45, 7) is 10.3. The molecule has 0 aliphatic rings. The van der Waals surface area contributed by atoms with Gasteiger partial charge in [0, 0.05) is 15.6 Å². The molecule has 24 heavy (non-hydrogen) atoms. The maximum absolute atomic E-state index is 12.7. The minimum absolute atomic E-state index is 0.0199. The molecule has 0 fully saturated rings. The van der Waals surface area contributed by atoms with E-state index in [9.17, 15) is 4.79 Å². The summed E-state index contributed by atoms with van der Waals surface area (Å²) < 4.78 is -0.592. The Bertz CT molecular complexity index is 717. The van der Waals surface area contributed by atoms with Crippen molar-refractivity contribution < 1.29 is 4.79 Å². The number of nitrogens with one attached hydrogen (secondary N) is 1. The molecule has 0 radical (unpaired) electrons. The van der Waals surface area contributed by atoms with Gasteiger partial charge >= 0.3 is 0 Å². The van der Waals surface area contributed by atoms with Crippen molar-refractivity contribution in [2.75, 3.05) is 5.32 Å². The third kappa shape index (κ3) is 5.02. The predicted molar refractivity (Wildman–Crippen MR) is 105 cm³/mol. The van der Waals surface area contributed by atoms with Crippen LogP contribution in [0.1, 0.15) is 40.2 Å². The highest BCUT2D eigenvalue weighted by Crippen LogP contribution is 2.34. The first-order valence-corrected chi connectivity index (χ1v) is 9.14. The molecular formula is C20H24ClNOS. The van der Waals surface area contributed by atoms with Gasteiger partial charge in [-0.15, -0.1) is 11.8 Å². The van der Waals surface area contributed by atoms with Gasteiger partial charge in [0.05, 0.1) is 4.75 Å². The molecule has 0 atom stereocenters. The molecule has 0 saturated carbocycles. The Morgan fingerprint density at radius 2 is 1.62 bits per heavy atom.